The number of ether oxygens (including phenoxy) is 1. The molecule has 126 valence electrons. The second-order valence-electron chi connectivity index (χ2n) is 5.07. The van der Waals surface area contributed by atoms with Crippen LogP contribution in [0.3, 0.4) is 0 Å². The van der Waals surface area contributed by atoms with Crippen LogP contribution in [0.25, 0.3) is 11.2 Å². The molecule has 2 atom stereocenters. The Hall–Kier alpha value is -1.32. The fraction of sp³-hybridized carbons (Fsp3) is 0.214. The summed E-state index contributed by atoms with van der Waals surface area (Å²) in [6.45, 7) is 0.317. The number of hydrogen-bond acceptors (Lipinski definition) is 7. The number of nitrogen functional groups attached to an aromatic ring is 1. The number of fused-ring (bicyclic) bond motifs is 1. The maximum Gasteiger partial charge on any atom is 1.00 e. The van der Waals surface area contributed by atoms with E-state index in [4.69, 9.17) is 10.5 Å². The van der Waals surface area contributed by atoms with E-state index in [1.165, 1.54) is 12.7 Å². The fourth-order valence-corrected chi connectivity index (χ4v) is 3.16. The summed E-state index contributed by atoms with van der Waals surface area (Å²) in [4.78, 5) is 33.1. The van der Waals surface area contributed by atoms with Crippen LogP contribution in [0.1, 0.15) is 11.4 Å². The van der Waals surface area contributed by atoms with Crippen molar-refractivity contribution in [3.8, 4) is 0 Å². The van der Waals surface area contributed by atoms with Crippen LogP contribution in [-0.4, -0.2) is 31.0 Å². The van der Waals surface area contributed by atoms with E-state index < -0.39 is 13.4 Å². The van der Waals surface area contributed by atoms with Crippen molar-refractivity contribution in [2.24, 2.45) is 0 Å². The molecular weight excluding hydrogens is 356 g/mol. The average Bonchev–Trinajstić information content (AvgIpc) is 2.96. The van der Waals surface area contributed by atoms with Gasteiger partial charge in [-0.1, -0.05) is 30.3 Å². The summed E-state index contributed by atoms with van der Waals surface area (Å²) < 4.78 is 18.6. The molecule has 9 nitrogen and oxygen atoms in total. The Morgan fingerprint density at radius 3 is 2.68 bits per heavy atom. The first-order valence-electron chi connectivity index (χ1n) is 7.08. The minimum absolute atomic E-state index is 0. The number of aromatic nitrogens is 4. The summed E-state index contributed by atoms with van der Waals surface area (Å²) in [6, 6.07) is 8.24. The van der Waals surface area contributed by atoms with Gasteiger partial charge in [0.15, 0.2) is 19.1 Å². The maximum atomic E-state index is 11.6. The zero-order chi connectivity index (χ0) is 17.2. The Bertz CT molecular complexity index is 885. The molecule has 0 radical (unpaired) electrons. The van der Waals surface area contributed by atoms with Crippen molar-refractivity contribution in [2.75, 3.05) is 12.3 Å². The van der Waals surface area contributed by atoms with Gasteiger partial charge in [0.25, 0.3) is 0 Å². The van der Waals surface area contributed by atoms with Gasteiger partial charge in [-0.25, -0.2) is 15.0 Å². The standard InChI is InChI=1S/C14H16N5O4P.Na/c15-12-11-13(17-8-16-12)19(9-18-11)6-7-23-14(24(20,21)22)10-4-2-1-3-5-10;/h1-5,8-9,14H,6-7H2,(H2,15,16,17)(H2,20,21,22);/q;+1/p-1. The van der Waals surface area contributed by atoms with Crippen LogP contribution in [-0.2, 0) is 15.8 Å². The van der Waals surface area contributed by atoms with Gasteiger partial charge in [0.05, 0.1) is 12.9 Å². The number of nitrogens with two attached hydrogens (primary N) is 1. The van der Waals surface area contributed by atoms with Gasteiger partial charge in [-0.05, 0) is 5.56 Å². The van der Waals surface area contributed by atoms with Crippen molar-refractivity contribution < 1.29 is 48.6 Å². The van der Waals surface area contributed by atoms with Crippen LogP contribution in [0.2, 0.25) is 0 Å². The number of benzene rings is 1. The molecule has 3 rings (SSSR count). The first-order chi connectivity index (χ1) is 11.5. The van der Waals surface area contributed by atoms with Crippen molar-refractivity contribution in [3.63, 3.8) is 0 Å². The summed E-state index contributed by atoms with van der Waals surface area (Å²) in [5.74, 6) is -1.16. The maximum absolute atomic E-state index is 11.6. The fourth-order valence-electron chi connectivity index (χ4n) is 2.32. The van der Waals surface area contributed by atoms with Crippen LogP contribution < -0.4 is 40.2 Å². The molecule has 0 aliphatic rings. The summed E-state index contributed by atoms with van der Waals surface area (Å²) in [5, 5.41) is 0. The SMILES string of the molecule is Nc1ncnc2c1ncn2CCOC(c1ccccc1)P(=O)([O-])O.[Na+]. The third kappa shape index (κ3) is 4.65. The van der Waals surface area contributed by atoms with E-state index in [0.29, 0.717) is 16.7 Å². The number of rotatable bonds is 6. The van der Waals surface area contributed by atoms with Crippen molar-refractivity contribution in [3.05, 3.63) is 48.5 Å². The molecular formula is C14H15N5NaO4P. The van der Waals surface area contributed by atoms with Crippen LogP contribution in [0.4, 0.5) is 5.82 Å². The van der Waals surface area contributed by atoms with Gasteiger partial charge in [0.1, 0.15) is 17.7 Å². The molecule has 0 saturated heterocycles. The Morgan fingerprint density at radius 1 is 1.28 bits per heavy atom. The summed E-state index contributed by atoms with van der Waals surface area (Å²) in [6.07, 6.45) is 2.84. The van der Waals surface area contributed by atoms with Gasteiger partial charge in [-0.15, -0.1) is 0 Å². The first kappa shape index (κ1) is 20.0. The minimum atomic E-state index is -4.70. The first-order valence-corrected chi connectivity index (χ1v) is 8.73. The Kier molecular flexibility index (Phi) is 6.70. The molecule has 0 amide bonds. The summed E-state index contributed by atoms with van der Waals surface area (Å²) >= 11 is 0. The van der Waals surface area contributed by atoms with Crippen molar-refractivity contribution in [1.29, 1.82) is 0 Å². The number of imidazole rings is 1. The van der Waals surface area contributed by atoms with Crippen LogP contribution in [0, 0.1) is 0 Å². The van der Waals surface area contributed by atoms with E-state index in [2.05, 4.69) is 15.0 Å². The van der Waals surface area contributed by atoms with Crippen molar-refractivity contribution >= 4 is 24.6 Å². The molecule has 2 heterocycles. The van der Waals surface area contributed by atoms with Gasteiger partial charge in [0.2, 0.25) is 0 Å². The summed E-state index contributed by atoms with van der Waals surface area (Å²) in [7, 11) is -4.70. The van der Waals surface area contributed by atoms with Gasteiger partial charge in [-0.3, -0.25) is 0 Å². The zero-order valence-electron chi connectivity index (χ0n) is 13.5. The molecule has 0 aliphatic carbocycles. The monoisotopic (exact) mass is 371 g/mol. The largest absolute Gasteiger partial charge is 1.00 e. The second kappa shape index (κ2) is 8.37. The molecule has 25 heavy (non-hydrogen) atoms. The van der Waals surface area contributed by atoms with Crippen LogP contribution >= 0.6 is 7.60 Å². The Labute approximate surface area is 165 Å². The van der Waals surface area contributed by atoms with E-state index in [0.717, 1.165) is 0 Å². The zero-order valence-corrected chi connectivity index (χ0v) is 16.4. The predicted octanol–water partition coefficient (Wildman–Crippen LogP) is -2.33. The molecule has 0 bridgehead atoms. The molecule has 3 N–H and O–H groups in total. The number of anilines is 1. The average molecular weight is 371 g/mol. The van der Waals surface area contributed by atoms with Gasteiger partial charge in [-0.2, -0.15) is 0 Å². The predicted molar refractivity (Wildman–Crippen MR) is 84.7 cm³/mol. The molecule has 11 heteroatoms. The third-order valence-electron chi connectivity index (χ3n) is 3.42. The topological polar surface area (TPSA) is 139 Å². The molecule has 2 unspecified atom stereocenters. The minimum Gasteiger partial charge on any atom is -0.777 e. The van der Waals surface area contributed by atoms with Crippen LogP contribution in [0.15, 0.2) is 43.0 Å². The van der Waals surface area contributed by atoms with E-state index in [9.17, 15) is 14.4 Å². The van der Waals surface area contributed by atoms with Crippen LogP contribution in [0.5, 0.6) is 0 Å². The van der Waals surface area contributed by atoms with E-state index >= 15 is 0 Å². The second-order valence-corrected chi connectivity index (χ2v) is 6.66. The molecule has 2 aromatic heterocycles. The molecule has 0 spiro atoms. The van der Waals surface area contributed by atoms with Gasteiger partial charge >= 0.3 is 29.6 Å². The number of nitrogens with zero attached hydrogens (tertiary/aromatic N) is 4. The quantitative estimate of drug-likeness (QED) is 0.363. The molecule has 1 aromatic carbocycles. The molecule has 3 aromatic rings. The van der Waals surface area contributed by atoms with Crippen molar-refractivity contribution in [1.82, 2.24) is 19.5 Å². The van der Waals surface area contributed by atoms with Gasteiger partial charge in [0, 0.05) is 6.54 Å². The van der Waals surface area contributed by atoms with Gasteiger partial charge < -0.3 is 29.4 Å². The smallest absolute Gasteiger partial charge is 0.777 e. The van der Waals surface area contributed by atoms with Crippen molar-refractivity contribution in [2.45, 2.75) is 12.4 Å². The molecule has 0 fully saturated rings. The number of hydrogen-bond donors (Lipinski definition) is 2. The van der Waals surface area contributed by atoms with E-state index in [1.54, 1.807) is 34.9 Å². The Morgan fingerprint density at radius 2 is 2.00 bits per heavy atom. The van der Waals surface area contributed by atoms with E-state index in [-0.39, 0.29) is 48.5 Å². The van der Waals surface area contributed by atoms with E-state index in [1.807, 2.05) is 0 Å². The molecule has 0 aliphatic heterocycles. The third-order valence-corrected chi connectivity index (χ3v) is 4.46. The summed E-state index contributed by atoms with van der Waals surface area (Å²) in [5.41, 5.74) is 7.06. The Balaban J connectivity index is 0.00000225. The molecule has 0 saturated carbocycles. The normalized spacial score (nSPS) is 14.6.